The van der Waals surface area contributed by atoms with Gasteiger partial charge >= 0.3 is 23.8 Å². The van der Waals surface area contributed by atoms with Crippen molar-refractivity contribution in [2.45, 2.75) is 71.6 Å². The molecule has 0 heterocycles. The van der Waals surface area contributed by atoms with Gasteiger partial charge in [0, 0.05) is 0 Å². The Balaban J connectivity index is 1.43. The summed E-state index contributed by atoms with van der Waals surface area (Å²) >= 11 is 0. The van der Waals surface area contributed by atoms with Gasteiger partial charge in [-0.05, 0) is 76.5 Å². The number of carbonyl (C=O) groups excluding carboxylic acids is 3. The van der Waals surface area contributed by atoms with Crippen LogP contribution in [-0.4, -0.2) is 43.7 Å². The number of hydrogen-bond donors (Lipinski definition) is 0. The van der Waals surface area contributed by atoms with E-state index < -0.39 is 47.9 Å². The van der Waals surface area contributed by atoms with E-state index in [9.17, 15) is 23.2 Å². The molecule has 4 bridgehead atoms. The van der Waals surface area contributed by atoms with Crippen molar-refractivity contribution in [3.8, 4) is 0 Å². The highest BCUT2D eigenvalue weighted by Gasteiger charge is 2.56. The van der Waals surface area contributed by atoms with Gasteiger partial charge in [-0.2, -0.15) is 8.78 Å². The fraction of sp³-hybridized carbons (Fsp3) is 0.864. The lowest BCUT2D eigenvalue weighted by Crippen LogP contribution is -2.51. The summed E-state index contributed by atoms with van der Waals surface area (Å²) < 4.78 is 42.7. The topological polar surface area (TPSA) is 78.9 Å². The molecular weight excluding hydrogens is 398 g/mol. The zero-order valence-corrected chi connectivity index (χ0v) is 18.0. The number of esters is 3. The summed E-state index contributed by atoms with van der Waals surface area (Å²) in [5.41, 5.74) is -1.35. The minimum Gasteiger partial charge on any atom is -0.462 e. The molecule has 170 valence electrons. The normalized spacial score (nSPS) is 30.1. The SMILES string of the molecule is CCC(C)(C)C(=O)OCCOC(=O)C(F)(F)COC(=O)C12CC3CC(CC(C3)C1)C2. The highest BCUT2D eigenvalue weighted by Crippen LogP contribution is 2.60. The number of rotatable bonds is 9. The van der Waals surface area contributed by atoms with Crippen LogP contribution in [0.1, 0.15) is 65.7 Å². The van der Waals surface area contributed by atoms with Crippen LogP contribution in [0.2, 0.25) is 0 Å². The molecule has 0 spiro atoms. The summed E-state index contributed by atoms with van der Waals surface area (Å²) in [5.74, 6) is -5.38. The fourth-order valence-electron chi connectivity index (χ4n) is 5.44. The molecule has 4 rings (SSSR count). The van der Waals surface area contributed by atoms with Gasteiger partial charge in [-0.1, -0.05) is 6.92 Å². The second kappa shape index (κ2) is 8.42. The number of alkyl halides is 2. The summed E-state index contributed by atoms with van der Waals surface area (Å²) in [7, 11) is 0. The van der Waals surface area contributed by atoms with Crippen LogP contribution >= 0.6 is 0 Å². The Hall–Kier alpha value is -1.73. The molecule has 0 aromatic rings. The van der Waals surface area contributed by atoms with Crippen molar-refractivity contribution in [3.63, 3.8) is 0 Å². The van der Waals surface area contributed by atoms with Gasteiger partial charge in [-0.15, -0.1) is 0 Å². The Morgan fingerprint density at radius 3 is 1.80 bits per heavy atom. The van der Waals surface area contributed by atoms with E-state index in [4.69, 9.17) is 9.47 Å². The molecule has 0 atom stereocenters. The molecule has 6 nitrogen and oxygen atoms in total. The molecule has 4 aliphatic rings. The summed E-state index contributed by atoms with van der Waals surface area (Å²) in [6, 6.07) is 0. The first-order valence-electron chi connectivity index (χ1n) is 10.9. The van der Waals surface area contributed by atoms with Crippen LogP contribution < -0.4 is 0 Å². The molecule has 0 unspecified atom stereocenters. The zero-order valence-electron chi connectivity index (χ0n) is 18.0. The summed E-state index contributed by atoms with van der Waals surface area (Å²) in [5, 5.41) is 0. The van der Waals surface area contributed by atoms with Crippen molar-refractivity contribution in [2.75, 3.05) is 19.8 Å². The quantitative estimate of drug-likeness (QED) is 0.314. The molecule has 0 radical (unpaired) electrons. The standard InChI is InChI=1S/C22H32F2O6/c1-4-20(2,3)17(25)28-5-6-29-19(27)22(23,24)13-30-18(26)21-10-14-7-15(11-21)9-16(8-14)12-21/h14-16H,4-13H2,1-3H3. The van der Waals surface area contributed by atoms with Gasteiger partial charge in [0.25, 0.3) is 0 Å². The van der Waals surface area contributed by atoms with Crippen molar-refractivity contribution in [3.05, 3.63) is 0 Å². The highest BCUT2D eigenvalue weighted by atomic mass is 19.3. The Bertz CT molecular complexity index is 652. The van der Waals surface area contributed by atoms with Crippen molar-refractivity contribution in [1.82, 2.24) is 0 Å². The van der Waals surface area contributed by atoms with Crippen molar-refractivity contribution in [1.29, 1.82) is 0 Å². The van der Waals surface area contributed by atoms with Gasteiger partial charge in [-0.3, -0.25) is 9.59 Å². The molecular formula is C22H32F2O6. The van der Waals surface area contributed by atoms with Crippen molar-refractivity contribution < 1.29 is 37.4 Å². The van der Waals surface area contributed by atoms with Crippen LogP contribution in [0.5, 0.6) is 0 Å². The number of ether oxygens (including phenoxy) is 3. The molecule has 0 saturated heterocycles. The number of carbonyl (C=O) groups is 3. The summed E-state index contributed by atoms with van der Waals surface area (Å²) in [4.78, 5) is 36.2. The Labute approximate surface area is 176 Å². The monoisotopic (exact) mass is 430 g/mol. The summed E-state index contributed by atoms with van der Waals surface area (Å²) in [6.07, 6.45) is 6.02. The molecule has 4 aliphatic carbocycles. The van der Waals surface area contributed by atoms with Crippen molar-refractivity contribution >= 4 is 17.9 Å². The van der Waals surface area contributed by atoms with Crippen LogP contribution in [0, 0.1) is 28.6 Å². The van der Waals surface area contributed by atoms with Crippen LogP contribution in [-0.2, 0) is 28.6 Å². The first kappa shape index (κ1) is 22.9. The second-order valence-electron chi connectivity index (χ2n) is 9.99. The van der Waals surface area contributed by atoms with E-state index in [2.05, 4.69) is 4.74 Å². The maximum Gasteiger partial charge on any atom is 0.380 e. The predicted octanol–water partition coefficient (Wildman–Crippen LogP) is 3.90. The molecule has 0 aliphatic heterocycles. The Morgan fingerprint density at radius 1 is 0.867 bits per heavy atom. The highest BCUT2D eigenvalue weighted by molar-refractivity contribution is 5.80. The second-order valence-corrected chi connectivity index (χ2v) is 9.99. The molecule has 0 amide bonds. The van der Waals surface area contributed by atoms with E-state index >= 15 is 0 Å². The summed E-state index contributed by atoms with van der Waals surface area (Å²) in [6.45, 7) is 3.11. The van der Waals surface area contributed by atoms with E-state index in [1.165, 1.54) is 0 Å². The maximum atomic E-state index is 14.1. The van der Waals surface area contributed by atoms with Crippen molar-refractivity contribution in [2.24, 2.45) is 28.6 Å². The molecule has 4 fully saturated rings. The molecule has 0 aromatic carbocycles. The van der Waals surface area contributed by atoms with Gasteiger partial charge in [0.1, 0.15) is 13.2 Å². The largest absolute Gasteiger partial charge is 0.462 e. The van der Waals surface area contributed by atoms with E-state index in [-0.39, 0.29) is 6.61 Å². The van der Waals surface area contributed by atoms with E-state index in [1.54, 1.807) is 13.8 Å². The lowest BCUT2D eigenvalue weighted by atomic mass is 9.49. The number of hydrogen-bond acceptors (Lipinski definition) is 6. The van der Waals surface area contributed by atoms with E-state index in [0.717, 1.165) is 19.3 Å². The fourth-order valence-corrected chi connectivity index (χ4v) is 5.44. The van der Waals surface area contributed by atoms with E-state index in [1.807, 2.05) is 6.92 Å². The average molecular weight is 430 g/mol. The van der Waals surface area contributed by atoms with Gasteiger partial charge in [0.2, 0.25) is 0 Å². The minimum atomic E-state index is -3.94. The first-order chi connectivity index (χ1) is 14.0. The zero-order chi connectivity index (χ0) is 22.2. The predicted molar refractivity (Wildman–Crippen MR) is 103 cm³/mol. The molecule has 0 N–H and O–H groups in total. The molecule has 0 aromatic heterocycles. The molecule has 30 heavy (non-hydrogen) atoms. The van der Waals surface area contributed by atoms with Gasteiger partial charge in [-0.25, -0.2) is 4.79 Å². The Kier molecular flexibility index (Phi) is 6.44. The van der Waals surface area contributed by atoms with Crippen LogP contribution in [0.25, 0.3) is 0 Å². The first-order valence-corrected chi connectivity index (χ1v) is 10.9. The third-order valence-electron chi connectivity index (χ3n) is 7.14. The molecule has 8 heteroatoms. The van der Waals surface area contributed by atoms with Crippen LogP contribution in [0.4, 0.5) is 8.78 Å². The van der Waals surface area contributed by atoms with Crippen LogP contribution in [0.3, 0.4) is 0 Å². The number of halogens is 2. The minimum absolute atomic E-state index is 0.308. The van der Waals surface area contributed by atoms with Crippen LogP contribution in [0.15, 0.2) is 0 Å². The third kappa shape index (κ3) is 4.78. The van der Waals surface area contributed by atoms with Gasteiger partial charge in [0.05, 0.1) is 10.8 Å². The van der Waals surface area contributed by atoms with E-state index in [0.29, 0.717) is 43.4 Å². The Morgan fingerprint density at radius 2 is 1.33 bits per heavy atom. The molecule has 4 saturated carbocycles. The smallest absolute Gasteiger partial charge is 0.380 e. The lowest BCUT2D eigenvalue weighted by molar-refractivity contribution is -0.194. The lowest BCUT2D eigenvalue weighted by Gasteiger charge is -2.55. The average Bonchev–Trinajstić information content (AvgIpc) is 2.67. The van der Waals surface area contributed by atoms with Gasteiger partial charge < -0.3 is 14.2 Å². The third-order valence-corrected chi connectivity index (χ3v) is 7.14. The van der Waals surface area contributed by atoms with Gasteiger partial charge in [0.15, 0.2) is 6.61 Å². The maximum absolute atomic E-state index is 14.1.